The number of benzene rings is 3. The van der Waals surface area contributed by atoms with E-state index in [1.165, 1.54) is 29.2 Å². The van der Waals surface area contributed by atoms with E-state index < -0.39 is 28.5 Å². The van der Waals surface area contributed by atoms with Crippen LogP contribution in [0.2, 0.25) is 5.02 Å². The summed E-state index contributed by atoms with van der Waals surface area (Å²) >= 11 is 5.98. The zero-order valence-electron chi connectivity index (χ0n) is 22.1. The first-order chi connectivity index (χ1) is 18.0. The molecule has 2 amide bonds. The average Bonchev–Trinajstić information content (AvgIpc) is 2.87. The average molecular weight is 556 g/mol. The van der Waals surface area contributed by atoms with E-state index in [9.17, 15) is 18.0 Å². The van der Waals surface area contributed by atoms with Crippen molar-refractivity contribution in [2.75, 3.05) is 10.8 Å². The van der Waals surface area contributed by atoms with Gasteiger partial charge in [0.2, 0.25) is 11.8 Å². The number of hydrogen-bond donors (Lipinski definition) is 1. The summed E-state index contributed by atoms with van der Waals surface area (Å²) in [7, 11) is -4.12. The lowest BCUT2D eigenvalue weighted by Gasteiger charge is -2.33. The Labute approximate surface area is 230 Å². The van der Waals surface area contributed by atoms with Crippen LogP contribution >= 0.6 is 11.6 Å². The third kappa shape index (κ3) is 7.36. The molecule has 9 heteroatoms. The van der Waals surface area contributed by atoms with E-state index in [1.807, 2.05) is 52.0 Å². The van der Waals surface area contributed by atoms with E-state index in [0.717, 1.165) is 15.4 Å². The van der Waals surface area contributed by atoms with Crippen LogP contribution in [0.25, 0.3) is 0 Å². The number of halogens is 1. The van der Waals surface area contributed by atoms with Gasteiger partial charge in [0.15, 0.2) is 0 Å². The second-order valence-corrected chi connectivity index (χ2v) is 11.7. The van der Waals surface area contributed by atoms with Crippen molar-refractivity contribution in [3.8, 4) is 0 Å². The SMILES string of the molecule is CCC(C(=O)NC(C)C)N(Cc1cccc(C)c1)C(=O)CN(c1ccccc1)S(=O)(=O)c1ccc(Cl)cc1. The van der Waals surface area contributed by atoms with Crippen LogP contribution < -0.4 is 9.62 Å². The lowest BCUT2D eigenvalue weighted by molar-refractivity contribution is -0.140. The number of anilines is 1. The van der Waals surface area contributed by atoms with Gasteiger partial charge in [0.05, 0.1) is 10.6 Å². The molecule has 0 saturated carbocycles. The maximum absolute atomic E-state index is 14.0. The van der Waals surface area contributed by atoms with Gasteiger partial charge < -0.3 is 10.2 Å². The molecule has 7 nitrogen and oxygen atoms in total. The predicted octanol–water partition coefficient (Wildman–Crippen LogP) is 5.18. The van der Waals surface area contributed by atoms with Gasteiger partial charge in [-0.05, 0) is 69.2 Å². The minimum absolute atomic E-state index is 0.00776. The highest BCUT2D eigenvalue weighted by atomic mass is 35.5. The number of hydrogen-bond acceptors (Lipinski definition) is 4. The van der Waals surface area contributed by atoms with E-state index in [4.69, 9.17) is 11.6 Å². The molecule has 0 fully saturated rings. The number of rotatable bonds is 11. The Hall–Kier alpha value is -3.36. The summed E-state index contributed by atoms with van der Waals surface area (Å²) in [6.07, 6.45) is 0.366. The highest BCUT2D eigenvalue weighted by Gasteiger charge is 2.33. The fourth-order valence-electron chi connectivity index (χ4n) is 4.16. The Kier molecular flexibility index (Phi) is 9.94. The van der Waals surface area contributed by atoms with Crippen LogP contribution in [0.1, 0.15) is 38.3 Å². The van der Waals surface area contributed by atoms with Crippen molar-refractivity contribution in [3.63, 3.8) is 0 Å². The molecule has 0 aromatic heterocycles. The van der Waals surface area contributed by atoms with Crippen molar-refractivity contribution < 1.29 is 18.0 Å². The third-order valence-electron chi connectivity index (χ3n) is 5.98. The fraction of sp³-hybridized carbons (Fsp3) is 0.310. The van der Waals surface area contributed by atoms with Gasteiger partial charge in [0.25, 0.3) is 10.0 Å². The molecular formula is C29H34ClN3O4S. The topological polar surface area (TPSA) is 86.8 Å². The van der Waals surface area contributed by atoms with Crippen LogP contribution in [-0.2, 0) is 26.2 Å². The van der Waals surface area contributed by atoms with Crippen LogP contribution in [0, 0.1) is 6.92 Å². The maximum atomic E-state index is 14.0. The standard InChI is InChI=1S/C29H34ClN3O4S/c1-5-27(29(35)31-21(2)3)32(19-23-11-9-10-22(4)18-23)28(34)20-33(25-12-7-6-8-13-25)38(36,37)26-16-14-24(30)15-17-26/h6-18,21,27H,5,19-20H2,1-4H3,(H,31,35). The van der Waals surface area contributed by atoms with E-state index in [-0.39, 0.29) is 23.4 Å². The predicted molar refractivity (Wildman–Crippen MR) is 152 cm³/mol. The number of carbonyl (C=O) groups is 2. The molecule has 0 saturated heterocycles. The molecule has 0 aliphatic rings. The fourth-order valence-corrected chi connectivity index (χ4v) is 5.70. The summed E-state index contributed by atoms with van der Waals surface area (Å²) in [5.74, 6) is -0.769. The van der Waals surface area contributed by atoms with Crippen molar-refractivity contribution in [1.82, 2.24) is 10.2 Å². The van der Waals surface area contributed by atoms with Crippen molar-refractivity contribution in [3.05, 3.63) is 95.0 Å². The third-order valence-corrected chi connectivity index (χ3v) is 8.02. The molecule has 1 N–H and O–H groups in total. The molecule has 0 aliphatic carbocycles. The molecule has 0 heterocycles. The Morgan fingerprint density at radius 1 is 0.947 bits per heavy atom. The lowest BCUT2D eigenvalue weighted by atomic mass is 10.1. The number of nitrogens with one attached hydrogen (secondary N) is 1. The lowest BCUT2D eigenvalue weighted by Crippen LogP contribution is -2.53. The summed E-state index contributed by atoms with van der Waals surface area (Å²) in [5.41, 5.74) is 2.21. The minimum Gasteiger partial charge on any atom is -0.352 e. The molecule has 1 atom stereocenters. The second kappa shape index (κ2) is 12.9. The number of sulfonamides is 1. The summed E-state index contributed by atoms with van der Waals surface area (Å²) < 4.78 is 28.6. The van der Waals surface area contributed by atoms with Gasteiger partial charge in [0, 0.05) is 17.6 Å². The summed E-state index contributed by atoms with van der Waals surface area (Å²) in [6, 6.07) is 21.1. The zero-order valence-corrected chi connectivity index (χ0v) is 23.7. The van der Waals surface area contributed by atoms with Crippen molar-refractivity contribution in [2.24, 2.45) is 0 Å². The summed E-state index contributed by atoms with van der Waals surface area (Å²) in [5, 5.41) is 3.30. The van der Waals surface area contributed by atoms with Crippen molar-refractivity contribution in [2.45, 2.75) is 57.6 Å². The molecule has 0 aliphatic heterocycles. The van der Waals surface area contributed by atoms with Crippen LogP contribution in [0.5, 0.6) is 0 Å². The first kappa shape index (κ1) is 29.2. The zero-order chi connectivity index (χ0) is 27.9. The van der Waals surface area contributed by atoms with Crippen molar-refractivity contribution in [1.29, 1.82) is 0 Å². The smallest absolute Gasteiger partial charge is 0.264 e. The Balaban J connectivity index is 2.04. The second-order valence-electron chi connectivity index (χ2n) is 9.40. The number of para-hydroxylation sites is 1. The molecule has 3 aromatic rings. The summed E-state index contributed by atoms with van der Waals surface area (Å²) in [4.78, 5) is 28.6. The van der Waals surface area contributed by atoms with Crippen LogP contribution in [0.4, 0.5) is 5.69 Å². The molecule has 3 rings (SSSR count). The molecule has 0 radical (unpaired) electrons. The largest absolute Gasteiger partial charge is 0.352 e. The quantitative estimate of drug-likeness (QED) is 0.353. The van der Waals surface area contributed by atoms with Crippen LogP contribution in [-0.4, -0.2) is 43.8 Å². The Morgan fingerprint density at radius 2 is 1.61 bits per heavy atom. The van der Waals surface area contributed by atoms with Gasteiger partial charge in [-0.3, -0.25) is 13.9 Å². The Bertz CT molecular complexity index is 1350. The highest BCUT2D eigenvalue weighted by molar-refractivity contribution is 7.92. The molecule has 0 spiro atoms. The molecule has 38 heavy (non-hydrogen) atoms. The minimum atomic E-state index is -4.12. The number of amides is 2. The molecular weight excluding hydrogens is 522 g/mol. The van der Waals surface area contributed by atoms with Gasteiger partial charge in [-0.25, -0.2) is 8.42 Å². The summed E-state index contributed by atoms with van der Waals surface area (Å²) in [6.45, 7) is 7.18. The first-order valence-corrected chi connectivity index (χ1v) is 14.3. The maximum Gasteiger partial charge on any atom is 0.264 e. The van der Waals surface area contributed by atoms with E-state index in [1.54, 1.807) is 30.3 Å². The number of carbonyl (C=O) groups excluding carboxylic acids is 2. The van der Waals surface area contributed by atoms with Gasteiger partial charge >= 0.3 is 0 Å². The van der Waals surface area contributed by atoms with E-state index in [2.05, 4.69) is 5.32 Å². The van der Waals surface area contributed by atoms with Crippen molar-refractivity contribution >= 4 is 39.1 Å². The van der Waals surface area contributed by atoms with Gasteiger partial charge in [0.1, 0.15) is 12.6 Å². The first-order valence-electron chi connectivity index (χ1n) is 12.5. The van der Waals surface area contributed by atoms with Gasteiger partial charge in [-0.15, -0.1) is 0 Å². The highest BCUT2D eigenvalue weighted by Crippen LogP contribution is 2.25. The number of nitrogens with zero attached hydrogens (tertiary/aromatic N) is 2. The molecule has 1 unspecified atom stereocenters. The van der Waals surface area contributed by atoms with E-state index in [0.29, 0.717) is 17.1 Å². The van der Waals surface area contributed by atoms with Crippen LogP contribution in [0.15, 0.2) is 83.8 Å². The van der Waals surface area contributed by atoms with Gasteiger partial charge in [-0.2, -0.15) is 0 Å². The molecule has 3 aromatic carbocycles. The monoisotopic (exact) mass is 555 g/mol. The van der Waals surface area contributed by atoms with Crippen LogP contribution in [0.3, 0.4) is 0 Å². The molecule has 202 valence electrons. The molecule has 0 bridgehead atoms. The number of aryl methyl sites for hydroxylation is 1. The van der Waals surface area contributed by atoms with Gasteiger partial charge in [-0.1, -0.05) is 66.6 Å². The normalized spacial score (nSPS) is 12.2. The Morgan fingerprint density at radius 3 is 2.18 bits per heavy atom. The van der Waals surface area contributed by atoms with E-state index >= 15 is 0 Å².